The Labute approximate surface area is 73.8 Å². The van der Waals surface area contributed by atoms with Crippen LogP contribution in [0.4, 0.5) is 0 Å². The van der Waals surface area contributed by atoms with Crippen LogP contribution in [0.3, 0.4) is 0 Å². The highest BCUT2D eigenvalue weighted by molar-refractivity contribution is 5.21. The van der Waals surface area contributed by atoms with E-state index in [0.29, 0.717) is 6.54 Å². The van der Waals surface area contributed by atoms with Gasteiger partial charge in [0.2, 0.25) is 0 Å². The SMILES string of the molecule is CCc1cc(CN)cc(CC)n1. The molecule has 0 saturated heterocycles. The van der Waals surface area contributed by atoms with Crippen LogP contribution in [0.2, 0.25) is 0 Å². The van der Waals surface area contributed by atoms with Gasteiger partial charge in [0.25, 0.3) is 0 Å². The molecule has 0 aliphatic heterocycles. The number of aromatic nitrogens is 1. The Morgan fingerprint density at radius 1 is 1.17 bits per heavy atom. The van der Waals surface area contributed by atoms with Crippen LogP contribution >= 0.6 is 0 Å². The molecule has 1 aromatic heterocycles. The summed E-state index contributed by atoms with van der Waals surface area (Å²) in [5.41, 5.74) is 9.06. The van der Waals surface area contributed by atoms with Gasteiger partial charge in [0.1, 0.15) is 0 Å². The summed E-state index contributed by atoms with van der Waals surface area (Å²) in [6.45, 7) is 4.84. The molecule has 1 rings (SSSR count). The van der Waals surface area contributed by atoms with Crippen molar-refractivity contribution < 1.29 is 0 Å². The van der Waals surface area contributed by atoms with Gasteiger partial charge in [-0.3, -0.25) is 4.98 Å². The molecule has 0 bridgehead atoms. The zero-order valence-electron chi connectivity index (χ0n) is 7.80. The third-order valence-electron chi connectivity index (χ3n) is 1.95. The van der Waals surface area contributed by atoms with Gasteiger partial charge >= 0.3 is 0 Å². The summed E-state index contributed by atoms with van der Waals surface area (Å²) in [4.78, 5) is 4.46. The van der Waals surface area contributed by atoms with Gasteiger partial charge in [-0.25, -0.2) is 0 Å². The summed E-state index contributed by atoms with van der Waals surface area (Å²) >= 11 is 0. The summed E-state index contributed by atoms with van der Waals surface area (Å²) in [5, 5.41) is 0. The average Bonchev–Trinajstić information content (AvgIpc) is 2.16. The topological polar surface area (TPSA) is 38.9 Å². The fourth-order valence-corrected chi connectivity index (χ4v) is 1.20. The lowest BCUT2D eigenvalue weighted by atomic mass is 10.1. The van der Waals surface area contributed by atoms with E-state index in [1.807, 2.05) is 0 Å². The first-order valence-corrected chi connectivity index (χ1v) is 4.49. The number of hydrogen-bond acceptors (Lipinski definition) is 2. The fraction of sp³-hybridized carbons (Fsp3) is 0.500. The second-order valence-electron chi connectivity index (χ2n) is 2.87. The van der Waals surface area contributed by atoms with Crippen LogP contribution in [0.15, 0.2) is 12.1 Å². The van der Waals surface area contributed by atoms with E-state index in [0.717, 1.165) is 24.2 Å². The third-order valence-corrected chi connectivity index (χ3v) is 1.95. The Morgan fingerprint density at radius 3 is 2.00 bits per heavy atom. The Kier molecular flexibility index (Phi) is 3.23. The zero-order chi connectivity index (χ0) is 8.97. The van der Waals surface area contributed by atoms with E-state index in [4.69, 9.17) is 5.73 Å². The van der Waals surface area contributed by atoms with Crippen LogP contribution in [0, 0.1) is 0 Å². The van der Waals surface area contributed by atoms with E-state index in [9.17, 15) is 0 Å². The van der Waals surface area contributed by atoms with Crippen molar-refractivity contribution in [2.75, 3.05) is 0 Å². The van der Waals surface area contributed by atoms with Crippen LogP contribution < -0.4 is 5.73 Å². The molecule has 0 aromatic carbocycles. The summed E-state index contributed by atoms with van der Waals surface area (Å²) in [6, 6.07) is 4.16. The van der Waals surface area contributed by atoms with Gasteiger partial charge < -0.3 is 5.73 Å². The van der Waals surface area contributed by atoms with Crippen LogP contribution in [0.25, 0.3) is 0 Å². The molecule has 0 spiro atoms. The molecule has 0 atom stereocenters. The van der Waals surface area contributed by atoms with E-state index in [-0.39, 0.29) is 0 Å². The molecular weight excluding hydrogens is 148 g/mol. The van der Waals surface area contributed by atoms with Gasteiger partial charge in [0.15, 0.2) is 0 Å². The fourth-order valence-electron chi connectivity index (χ4n) is 1.20. The monoisotopic (exact) mass is 164 g/mol. The maximum atomic E-state index is 5.57. The number of nitrogens with zero attached hydrogens (tertiary/aromatic N) is 1. The lowest BCUT2D eigenvalue weighted by molar-refractivity contribution is 0.926. The minimum atomic E-state index is 0.614. The quantitative estimate of drug-likeness (QED) is 0.738. The molecule has 12 heavy (non-hydrogen) atoms. The van der Waals surface area contributed by atoms with Crippen molar-refractivity contribution in [3.8, 4) is 0 Å². The molecule has 0 unspecified atom stereocenters. The number of aryl methyl sites for hydroxylation is 2. The molecule has 1 heterocycles. The molecule has 0 fully saturated rings. The molecule has 0 radical (unpaired) electrons. The second-order valence-corrected chi connectivity index (χ2v) is 2.87. The van der Waals surface area contributed by atoms with E-state index >= 15 is 0 Å². The van der Waals surface area contributed by atoms with Gasteiger partial charge in [0, 0.05) is 17.9 Å². The Morgan fingerprint density at radius 2 is 1.67 bits per heavy atom. The maximum Gasteiger partial charge on any atom is 0.0407 e. The van der Waals surface area contributed by atoms with E-state index in [1.165, 1.54) is 5.56 Å². The third kappa shape index (κ3) is 2.05. The Hall–Kier alpha value is -0.890. The molecule has 66 valence electrons. The second kappa shape index (κ2) is 4.21. The van der Waals surface area contributed by atoms with Crippen molar-refractivity contribution in [2.45, 2.75) is 33.2 Å². The van der Waals surface area contributed by atoms with E-state index in [2.05, 4.69) is 31.0 Å². The highest BCUT2D eigenvalue weighted by Gasteiger charge is 1.98. The molecule has 1 aromatic rings. The van der Waals surface area contributed by atoms with Gasteiger partial charge in [-0.05, 0) is 30.5 Å². The first-order chi connectivity index (χ1) is 5.80. The van der Waals surface area contributed by atoms with Crippen LogP contribution in [0.5, 0.6) is 0 Å². The molecule has 2 N–H and O–H groups in total. The number of nitrogens with two attached hydrogens (primary N) is 1. The number of pyridine rings is 1. The van der Waals surface area contributed by atoms with Crippen molar-refractivity contribution in [2.24, 2.45) is 5.73 Å². The molecule has 2 heteroatoms. The smallest absolute Gasteiger partial charge is 0.0407 e. The van der Waals surface area contributed by atoms with Crippen LogP contribution in [-0.2, 0) is 19.4 Å². The molecule has 0 saturated carbocycles. The first kappa shape index (κ1) is 9.20. The highest BCUT2D eigenvalue weighted by atomic mass is 14.7. The normalized spacial score (nSPS) is 10.2. The van der Waals surface area contributed by atoms with Gasteiger partial charge in [-0.1, -0.05) is 13.8 Å². The Balaban J connectivity index is 3.01. The molecule has 0 aliphatic carbocycles. The summed E-state index contributed by atoms with van der Waals surface area (Å²) in [5.74, 6) is 0. The predicted octanol–water partition coefficient (Wildman–Crippen LogP) is 1.67. The Bertz CT molecular complexity index is 201. The van der Waals surface area contributed by atoms with Crippen LogP contribution in [-0.4, -0.2) is 4.98 Å². The molecule has 0 amide bonds. The molecular formula is C10H16N2. The zero-order valence-corrected chi connectivity index (χ0v) is 7.80. The van der Waals surface area contributed by atoms with Crippen molar-refractivity contribution in [3.63, 3.8) is 0 Å². The number of hydrogen-bond donors (Lipinski definition) is 1. The van der Waals surface area contributed by atoms with E-state index < -0.39 is 0 Å². The standard InChI is InChI=1S/C10H16N2/c1-3-9-5-8(7-11)6-10(4-2)12-9/h5-6H,3-4,7,11H2,1-2H3. The summed E-state index contributed by atoms with van der Waals surface area (Å²) < 4.78 is 0. The van der Waals surface area contributed by atoms with Crippen molar-refractivity contribution in [3.05, 3.63) is 29.1 Å². The van der Waals surface area contributed by atoms with Gasteiger partial charge in [-0.2, -0.15) is 0 Å². The maximum absolute atomic E-state index is 5.57. The van der Waals surface area contributed by atoms with Crippen molar-refractivity contribution in [1.29, 1.82) is 0 Å². The molecule has 2 nitrogen and oxygen atoms in total. The van der Waals surface area contributed by atoms with Gasteiger partial charge in [0.05, 0.1) is 0 Å². The van der Waals surface area contributed by atoms with Gasteiger partial charge in [-0.15, -0.1) is 0 Å². The van der Waals surface area contributed by atoms with E-state index in [1.54, 1.807) is 0 Å². The first-order valence-electron chi connectivity index (χ1n) is 4.49. The summed E-state index contributed by atoms with van der Waals surface area (Å²) in [7, 11) is 0. The minimum Gasteiger partial charge on any atom is -0.326 e. The highest BCUT2D eigenvalue weighted by Crippen LogP contribution is 2.06. The lowest BCUT2D eigenvalue weighted by Gasteiger charge is -2.04. The van der Waals surface area contributed by atoms with Crippen molar-refractivity contribution in [1.82, 2.24) is 4.98 Å². The largest absolute Gasteiger partial charge is 0.326 e. The van der Waals surface area contributed by atoms with Crippen molar-refractivity contribution >= 4 is 0 Å². The lowest BCUT2D eigenvalue weighted by Crippen LogP contribution is -2.01. The molecule has 0 aliphatic rings. The average molecular weight is 164 g/mol. The summed E-state index contributed by atoms with van der Waals surface area (Å²) in [6.07, 6.45) is 1.97. The minimum absolute atomic E-state index is 0.614. The predicted molar refractivity (Wildman–Crippen MR) is 50.9 cm³/mol. The van der Waals surface area contributed by atoms with Crippen LogP contribution in [0.1, 0.15) is 30.8 Å². The number of rotatable bonds is 3.